The van der Waals surface area contributed by atoms with Crippen LogP contribution in [0.3, 0.4) is 0 Å². The average molecular weight is 486 g/mol. The lowest BCUT2D eigenvalue weighted by Gasteiger charge is -2.41. The molecule has 1 N–H and O–H groups in total. The van der Waals surface area contributed by atoms with Gasteiger partial charge in [0.2, 0.25) is 11.8 Å². The first-order valence-corrected chi connectivity index (χ1v) is 12.4. The Hall–Kier alpha value is -3.64. The molecule has 0 aliphatic carbocycles. The topological polar surface area (TPSA) is 61.9 Å². The number of benzene rings is 3. The molecule has 36 heavy (non-hydrogen) atoms. The molecule has 1 saturated heterocycles. The fourth-order valence-electron chi connectivity index (χ4n) is 4.98. The van der Waals surface area contributed by atoms with Crippen LogP contribution in [0.1, 0.15) is 41.1 Å². The molecule has 0 radical (unpaired) electrons. The number of methoxy groups -OCH3 is 1. The predicted octanol–water partition coefficient (Wildman–Crippen LogP) is 4.87. The number of nitrogens with one attached hydrogen (secondary N) is 1. The van der Waals surface area contributed by atoms with E-state index in [-0.39, 0.29) is 11.8 Å². The molecule has 2 atom stereocenters. The number of nitrogens with zero attached hydrogens (tertiary/aromatic N) is 2. The van der Waals surface area contributed by atoms with Crippen LogP contribution in [0.15, 0.2) is 72.8 Å². The zero-order valence-electron chi connectivity index (χ0n) is 21.5. The van der Waals surface area contributed by atoms with Gasteiger partial charge in [-0.25, -0.2) is 0 Å². The van der Waals surface area contributed by atoms with E-state index in [1.54, 1.807) is 12.0 Å². The molecule has 0 saturated carbocycles. The minimum absolute atomic E-state index is 0.00939. The molecule has 0 spiro atoms. The highest BCUT2D eigenvalue weighted by molar-refractivity contribution is 5.97. The first-order valence-electron chi connectivity index (χ1n) is 12.4. The summed E-state index contributed by atoms with van der Waals surface area (Å²) >= 11 is 0. The zero-order chi connectivity index (χ0) is 25.7. The Morgan fingerprint density at radius 1 is 1.00 bits per heavy atom. The molecular weight excluding hydrogens is 450 g/mol. The Labute approximate surface area is 213 Å². The van der Waals surface area contributed by atoms with Gasteiger partial charge in [0.05, 0.1) is 19.1 Å². The molecule has 6 nitrogen and oxygen atoms in total. The van der Waals surface area contributed by atoms with Crippen LogP contribution < -0.4 is 15.0 Å². The van der Waals surface area contributed by atoms with Gasteiger partial charge in [0.25, 0.3) is 0 Å². The molecule has 1 heterocycles. The molecule has 6 heteroatoms. The molecule has 188 valence electrons. The molecule has 0 bridgehead atoms. The largest absolute Gasteiger partial charge is 0.496 e. The molecule has 4 rings (SSSR count). The van der Waals surface area contributed by atoms with Crippen molar-refractivity contribution in [1.82, 2.24) is 10.2 Å². The molecular formula is C30H35N3O3. The van der Waals surface area contributed by atoms with Crippen molar-refractivity contribution < 1.29 is 14.3 Å². The molecule has 1 aliphatic rings. The monoisotopic (exact) mass is 485 g/mol. The van der Waals surface area contributed by atoms with Crippen LogP contribution in [-0.4, -0.2) is 37.9 Å². The zero-order valence-corrected chi connectivity index (χ0v) is 21.5. The van der Waals surface area contributed by atoms with Gasteiger partial charge in [-0.1, -0.05) is 60.2 Å². The van der Waals surface area contributed by atoms with Gasteiger partial charge in [0.1, 0.15) is 5.75 Å². The maximum Gasteiger partial charge on any atom is 0.227 e. The van der Waals surface area contributed by atoms with Gasteiger partial charge < -0.3 is 19.9 Å². The maximum atomic E-state index is 13.7. The van der Waals surface area contributed by atoms with E-state index in [1.165, 1.54) is 5.56 Å². The van der Waals surface area contributed by atoms with Gasteiger partial charge in [0, 0.05) is 30.8 Å². The van der Waals surface area contributed by atoms with Crippen molar-refractivity contribution in [3.8, 4) is 5.75 Å². The Morgan fingerprint density at radius 2 is 1.67 bits per heavy atom. The van der Waals surface area contributed by atoms with Crippen LogP contribution >= 0.6 is 0 Å². The van der Waals surface area contributed by atoms with Crippen molar-refractivity contribution in [3.05, 3.63) is 95.1 Å². The summed E-state index contributed by atoms with van der Waals surface area (Å²) in [5.74, 6) is 0.204. The van der Waals surface area contributed by atoms with Gasteiger partial charge in [-0.05, 0) is 56.8 Å². The first-order chi connectivity index (χ1) is 17.4. The van der Waals surface area contributed by atoms with Gasteiger partial charge in [-0.3, -0.25) is 9.59 Å². The van der Waals surface area contributed by atoms with E-state index >= 15 is 0 Å². The quantitative estimate of drug-likeness (QED) is 0.495. The van der Waals surface area contributed by atoms with E-state index in [0.717, 1.165) is 28.9 Å². The van der Waals surface area contributed by atoms with Crippen LogP contribution in [-0.2, 0) is 22.7 Å². The summed E-state index contributed by atoms with van der Waals surface area (Å²) < 4.78 is 5.67. The van der Waals surface area contributed by atoms with Crippen LogP contribution in [0.2, 0.25) is 0 Å². The molecule has 1 aliphatic heterocycles. The van der Waals surface area contributed by atoms with E-state index in [9.17, 15) is 9.59 Å². The molecule has 2 unspecified atom stereocenters. The normalized spacial score (nSPS) is 17.8. The number of hydrogen-bond acceptors (Lipinski definition) is 4. The summed E-state index contributed by atoms with van der Waals surface area (Å²) in [6, 6.07) is 23.3. The van der Waals surface area contributed by atoms with E-state index in [4.69, 9.17) is 4.74 Å². The highest BCUT2D eigenvalue weighted by Gasteiger charge is 2.42. The minimum atomic E-state index is -0.470. The van der Waals surface area contributed by atoms with Crippen molar-refractivity contribution in [2.75, 3.05) is 26.1 Å². The lowest BCUT2D eigenvalue weighted by atomic mass is 9.82. The Bertz CT molecular complexity index is 1210. The highest BCUT2D eigenvalue weighted by Crippen LogP contribution is 2.43. The number of anilines is 1. The molecule has 1 fully saturated rings. The number of carbonyl (C=O) groups excluding carboxylic acids is 2. The third-order valence-electron chi connectivity index (χ3n) is 6.76. The maximum absolute atomic E-state index is 13.7. The first kappa shape index (κ1) is 25.5. The number of para-hydroxylation sites is 1. The van der Waals surface area contributed by atoms with Gasteiger partial charge in [-0.2, -0.15) is 0 Å². The van der Waals surface area contributed by atoms with E-state index < -0.39 is 12.0 Å². The van der Waals surface area contributed by atoms with Crippen LogP contribution in [0, 0.1) is 12.8 Å². The summed E-state index contributed by atoms with van der Waals surface area (Å²) in [7, 11) is 5.69. The standard InChI is InChI=1S/C30H35N3O3/c1-21-13-15-24(16-14-21)33-28(34)18-17-26(29(33)25-11-7-8-12-27(25)36-4)30(35)31-19-22-9-5-6-10-23(22)20-32(2)3/h5-16,26,29H,17-20H2,1-4H3,(H,31,35). The fourth-order valence-corrected chi connectivity index (χ4v) is 4.98. The van der Waals surface area contributed by atoms with E-state index in [0.29, 0.717) is 25.1 Å². The van der Waals surface area contributed by atoms with Gasteiger partial charge >= 0.3 is 0 Å². The van der Waals surface area contributed by atoms with Crippen LogP contribution in [0.5, 0.6) is 5.75 Å². The lowest BCUT2D eigenvalue weighted by molar-refractivity contribution is -0.129. The fraction of sp³-hybridized carbons (Fsp3) is 0.333. The summed E-state index contributed by atoms with van der Waals surface area (Å²) in [6.07, 6.45) is 0.796. The molecule has 3 aromatic carbocycles. The number of amides is 2. The van der Waals surface area contributed by atoms with Crippen molar-refractivity contribution in [1.29, 1.82) is 0 Å². The van der Waals surface area contributed by atoms with Crippen molar-refractivity contribution in [2.45, 2.75) is 38.9 Å². The number of carbonyl (C=O) groups is 2. The third-order valence-corrected chi connectivity index (χ3v) is 6.76. The van der Waals surface area contributed by atoms with Crippen molar-refractivity contribution in [2.24, 2.45) is 5.92 Å². The summed E-state index contributed by atoms with van der Waals surface area (Å²) in [4.78, 5) is 30.9. The van der Waals surface area contributed by atoms with Crippen molar-refractivity contribution >= 4 is 17.5 Å². The number of rotatable bonds is 8. The predicted molar refractivity (Wildman–Crippen MR) is 143 cm³/mol. The Balaban J connectivity index is 1.67. The lowest BCUT2D eigenvalue weighted by Crippen LogP contribution is -2.48. The summed E-state index contributed by atoms with van der Waals surface area (Å²) in [6.45, 7) is 3.26. The highest BCUT2D eigenvalue weighted by atomic mass is 16.5. The molecule has 3 aromatic rings. The van der Waals surface area contributed by atoms with Crippen LogP contribution in [0.4, 0.5) is 5.69 Å². The van der Waals surface area contributed by atoms with Gasteiger partial charge in [0.15, 0.2) is 0 Å². The van der Waals surface area contributed by atoms with E-state index in [1.807, 2.05) is 81.7 Å². The van der Waals surface area contributed by atoms with Gasteiger partial charge in [-0.15, -0.1) is 0 Å². The Kier molecular flexibility index (Phi) is 8.06. The number of aryl methyl sites for hydroxylation is 1. The minimum Gasteiger partial charge on any atom is -0.496 e. The Morgan fingerprint density at radius 3 is 2.36 bits per heavy atom. The second-order valence-corrected chi connectivity index (χ2v) is 9.66. The SMILES string of the molecule is COc1ccccc1C1C(C(=O)NCc2ccccc2CN(C)C)CCC(=O)N1c1ccc(C)cc1. The molecule has 2 amide bonds. The van der Waals surface area contributed by atoms with Crippen LogP contribution in [0.25, 0.3) is 0 Å². The van der Waals surface area contributed by atoms with Crippen molar-refractivity contribution in [3.63, 3.8) is 0 Å². The number of ether oxygens (including phenoxy) is 1. The summed E-state index contributed by atoms with van der Waals surface area (Å²) in [5.41, 5.74) is 5.01. The smallest absolute Gasteiger partial charge is 0.227 e. The second kappa shape index (κ2) is 11.4. The second-order valence-electron chi connectivity index (χ2n) is 9.66. The third kappa shape index (κ3) is 5.60. The average Bonchev–Trinajstić information content (AvgIpc) is 2.88. The number of hydrogen-bond donors (Lipinski definition) is 1. The number of piperidine rings is 1. The molecule has 0 aromatic heterocycles. The van der Waals surface area contributed by atoms with E-state index in [2.05, 4.69) is 22.3 Å². The summed E-state index contributed by atoms with van der Waals surface area (Å²) in [5, 5.41) is 3.18.